The summed E-state index contributed by atoms with van der Waals surface area (Å²) in [6, 6.07) is 0. The molecule has 0 bridgehead atoms. The standard InChI is InChI=1S/C92H174NO8P/c1-6-8-10-12-14-16-18-20-22-24-26-28-30-32-34-36-38-40-42-44-45-46-47-49-50-52-54-56-58-60-62-64-66-68-70-72-74-76-78-80-82-84-91(94)98-88-90(89-100-102(96,97)99-87-86-93(3,4)5)101-92(95)85-83-81-79-77-75-73-71-69-67-65-63-61-59-57-55-53-51-48-43-41-39-37-35-33-31-29-27-25-23-21-19-17-15-13-11-9-7-2/h9,11,15,17,21,23-24,26-27,29,90H,6-8,10,12-14,16,18-20,22,25,28,30-89H2,1-5H3/p+1/b11-9-,17-15-,23-21-,26-24-,29-27-. The van der Waals surface area contributed by atoms with E-state index in [9.17, 15) is 19.0 Å². The van der Waals surface area contributed by atoms with Crippen LogP contribution in [0.2, 0.25) is 0 Å². The minimum absolute atomic E-state index is 0.0349. The van der Waals surface area contributed by atoms with Crippen LogP contribution in [0, 0.1) is 0 Å². The molecule has 2 unspecified atom stereocenters. The number of phosphoric acid groups is 1. The summed E-state index contributed by atoms with van der Waals surface area (Å²) in [6.45, 7) is 4.40. The Bertz CT molecular complexity index is 1910. The number of quaternary nitrogens is 1. The average Bonchev–Trinajstić information content (AvgIpc) is 0.913. The van der Waals surface area contributed by atoms with Crippen LogP contribution >= 0.6 is 7.82 Å². The average molecular weight is 1450 g/mol. The van der Waals surface area contributed by atoms with Gasteiger partial charge in [0, 0.05) is 12.8 Å². The summed E-state index contributed by atoms with van der Waals surface area (Å²) in [5, 5.41) is 0. The summed E-state index contributed by atoms with van der Waals surface area (Å²) in [7, 11) is 1.50. The van der Waals surface area contributed by atoms with Gasteiger partial charge in [0.05, 0.1) is 27.7 Å². The zero-order chi connectivity index (χ0) is 74.0. The van der Waals surface area contributed by atoms with Gasteiger partial charge in [0.2, 0.25) is 0 Å². The highest BCUT2D eigenvalue weighted by molar-refractivity contribution is 7.47. The zero-order valence-corrected chi connectivity index (χ0v) is 69.8. The Morgan fingerprint density at radius 1 is 0.314 bits per heavy atom. The predicted molar refractivity (Wildman–Crippen MR) is 446 cm³/mol. The summed E-state index contributed by atoms with van der Waals surface area (Å²) in [4.78, 5) is 36.1. The van der Waals surface area contributed by atoms with Gasteiger partial charge < -0.3 is 18.9 Å². The van der Waals surface area contributed by atoms with Crippen molar-refractivity contribution in [2.75, 3.05) is 47.5 Å². The molecule has 0 aromatic carbocycles. The van der Waals surface area contributed by atoms with Crippen molar-refractivity contribution in [3.63, 3.8) is 0 Å². The molecule has 0 aliphatic heterocycles. The van der Waals surface area contributed by atoms with Crippen LogP contribution in [0.1, 0.15) is 463 Å². The Labute approximate surface area is 636 Å². The van der Waals surface area contributed by atoms with Crippen molar-refractivity contribution in [1.82, 2.24) is 0 Å². The number of esters is 2. The highest BCUT2D eigenvalue weighted by Crippen LogP contribution is 2.43. The van der Waals surface area contributed by atoms with Crippen LogP contribution < -0.4 is 0 Å². The van der Waals surface area contributed by atoms with Crippen LogP contribution in [0.4, 0.5) is 0 Å². The summed E-state index contributed by atoms with van der Waals surface area (Å²) in [5.74, 6) is -0.769. The Morgan fingerprint density at radius 3 is 0.843 bits per heavy atom. The molecule has 0 saturated heterocycles. The lowest BCUT2D eigenvalue weighted by Crippen LogP contribution is -2.37. The van der Waals surface area contributed by atoms with Crippen LogP contribution in [0.5, 0.6) is 0 Å². The third kappa shape index (κ3) is 86.6. The molecule has 0 amide bonds. The van der Waals surface area contributed by atoms with E-state index >= 15 is 0 Å². The maximum Gasteiger partial charge on any atom is 0.472 e. The van der Waals surface area contributed by atoms with E-state index < -0.39 is 26.5 Å². The van der Waals surface area contributed by atoms with Crippen molar-refractivity contribution in [3.05, 3.63) is 60.8 Å². The van der Waals surface area contributed by atoms with Crippen LogP contribution in [-0.4, -0.2) is 74.9 Å². The van der Waals surface area contributed by atoms with Gasteiger partial charge in [0.25, 0.3) is 0 Å². The monoisotopic (exact) mass is 1450 g/mol. The number of phosphoric ester groups is 1. The smallest absolute Gasteiger partial charge is 0.462 e. The molecule has 0 radical (unpaired) electrons. The Hall–Kier alpha value is -2.29. The molecule has 0 rings (SSSR count). The van der Waals surface area contributed by atoms with E-state index in [-0.39, 0.29) is 25.6 Å². The van der Waals surface area contributed by atoms with Crippen molar-refractivity contribution >= 4 is 19.8 Å². The molecule has 1 N–H and O–H groups in total. The van der Waals surface area contributed by atoms with E-state index in [2.05, 4.69) is 74.6 Å². The Balaban J connectivity index is 3.83. The van der Waals surface area contributed by atoms with Gasteiger partial charge in [-0.05, 0) is 77.0 Å². The van der Waals surface area contributed by atoms with E-state index in [1.807, 2.05) is 21.1 Å². The van der Waals surface area contributed by atoms with Crippen molar-refractivity contribution in [1.29, 1.82) is 0 Å². The third-order valence-electron chi connectivity index (χ3n) is 20.5. The molecule has 0 aromatic rings. The number of hydrogen-bond donors (Lipinski definition) is 1. The molecule has 0 aliphatic rings. The number of carbonyl (C=O) groups excluding carboxylic acids is 2. The van der Waals surface area contributed by atoms with Gasteiger partial charge in [-0.15, -0.1) is 0 Å². The Kier molecular flexibility index (Phi) is 80.9. The van der Waals surface area contributed by atoms with Gasteiger partial charge in [-0.3, -0.25) is 18.6 Å². The van der Waals surface area contributed by atoms with Gasteiger partial charge in [-0.2, -0.15) is 0 Å². The first-order chi connectivity index (χ1) is 50.0. The van der Waals surface area contributed by atoms with Gasteiger partial charge >= 0.3 is 19.8 Å². The summed E-state index contributed by atoms with van der Waals surface area (Å²) < 4.78 is 34.9. The molecule has 0 heterocycles. The second kappa shape index (κ2) is 82.8. The highest BCUT2D eigenvalue weighted by Gasteiger charge is 2.27. The van der Waals surface area contributed by atoms with Gasteiger partial charge in [-0.25, -0.2) is 4.57 Å². The van der Waals surface area contributed by atoms with E-state index in [0.717, 1.165) is 57.8 Å². The lowest BCUT2D eigenvalue weighted by Gasteiger charge is -2.24. The molecule has 0 aromatic heterocycles. The van der Waals surface area contributed by atoms with Crippen LogP contribution in [-0.2, 0) is 32.7 Å². The fourth-order valence-corrected chi connectivity index (χ4v) is 14.5. The predicted octanol–water partition coefficient (Wildman–Crippen LogP) is 30.4. The first-order valence-electron chi connectivity index (χ1n) is 45.0. The topological polar surface area (TPSA) is 108 Å². The first kappa shape index (κ1) is 99.7. The molecular formula is C92H175NO8P+. The molecule has 0 aliphatic carbocycles. The quantitative estimate of drug-likeness (QED) is 0.0211. The van der Waals surface area contributed by atoms with Gasteiger partial charge in [0.1, 0.15) is 19.8 Å². The van der Waals surface area contributed by atoms with Gasteiger partial charge in [0.15, 0.2) is 6.10 Å². The number of unbranched alkanes of at least 4 members (excludes halogenated alkanes) is 61. The molecule has 2 atom stereocenters. The van der Waals surface area contributed by atoms with Crippen LogP contribution in [0.3, 0.4) is 0 Å². The van der Waals surface area contributed by atoms with Crippen molar-refractivity contribution < 1.29 is 42.1 Å². The van der Waals surface area contributed by atoms with E-state index in [1.165, 1.54) is 372 Å². The lowest BCUT2D eigenvalue weighted by atomic mass is 10.0. The summed E-state index contributed by atoms with van der Waals surface area (Å²) >= 11 is 0. The number of nitrogens with zero attached hydrogens (tertiary/aromatic N) is 1. The first-order valence-corrected chi connectivity index (χ1v) is 46.5. The molecule has 0 fully saturated rings. The minimum atomic E-state index is -4.40. The fraction of sp³-hybridized carbons (Fsp3) is 0.870. The van der Waals surface area contributed by atoms with E-state index in [0.29, 0.717) is 23.9 Å². The van der Waals surface area contributed by atoms with Crippen molar-refractivity contribution in [2.24, 2.45) is 0 Å². The lowest BCUT2D eigenvalue weighted by molar-refractivity contribution is -0.870. The van der Waals surface area contributed by atoms with Crippen molar-refractivity contribution in [2.45, 2.75) is 469 Å². The van der Waals surface area contributed by atoms with E-state index in [1.54, 1.807) is 0 Å². The van der Waals surface area contributed by atoms with Gasteiger partial charge in [-0.1, -0.05) is 434 Å². The van der Waals surface area contributed by atoms with Crippen LogP contribution in [0.25, 0.3) is 0 Å². The maximum absolute atomic E-state index is 12.9. The van der Waals surface area contributed by atoms with Crippen molar-refractivity contribution in [3.8, 4) is 0 Å². The number of allylic oxidation sites excluding steroid dienone is 10. The number of ether oxygens (including phenoxy) is 2. The summed E-state index contributed by atoms with van der Waals surface area (Å²) in [6.07, 6.45) is 113. The maximum atomic E-state index is 12.9. The third-order valence-corrected chi connectivity index (χ3v) is 21.5. The number of likely N-dealkylation sites (N-methyl/N-ethyl adjacent to an activating group) is 1. The van der Waals surface area contributed by atoms with Crippen LogP contribution in [0.15, 0.2) is 60.8 Å². The molecule has 0 saturated carbocycles. The molecule has 0 spiro atoms. The molecule has 9 nitrogen and oxygen atoms in total. The summed E-state index contributed by atoms with van der Waals surface area (Å²) in [5.41, 5.74) is 0. The second-order valence-electron chi connectivity index (χ2n) is 32.0. The highest BCUT2D eigenvalue weighted by atomic mass is 31.2. The van der Waals surface area contributed by atoms with E-state index in [4.69, 9.17) is 18.5 Å². The second-order valence-corrected chi connectivity index (χ2v) is 33.4. The SMILES string of the molecule is CC/C=C\C/C=C\C/C=C\C/C=C\CCCCCCCCCCCCCCCCCCCCCCCCCCC(=O)OC(COC(=O)CCCCCCCCCCCCCCCCCCCCCCCCCCCCCCC/C=C\CCCCCCCCCC)COP(=O)(O)OCC[N+](C)(C)C. The Morgan fingerprint density at radius 2 is 0.559 bits per heavy atom. The molecule has 102 heavy (non-hydrogen) atoms. The molecular weight excluding hydrogens is 1280 g/mol. The zero-order valence-electron chi connectivity index (χ0n) is 68.9. The molecule has 10 heteroatoms. The molecule has 600 valence electrons. The normalized spacial score (nSPS) is 13.2. The number of rotatable bonds is 85. The number of hydrogen-bond acceptors (Lipinski definition) is 7. The largest absolute Gasteiger partial charge is 0.472 e. The number of carbonyl (C=O) groups is 2. The minimum Gasteiger partial charge on any atom is -0.462 e. The fourth-order valence-electron chi connectivity index (χ4n) is 13.7.